The molecule has 0 spiro atoms. The lowest BCUT2D eigenvalue weighted by atomic mass is 9.79. The fraction of sp³-hybridized carbons (Fsp3) is 0.350. The number of hydrogen-bond acceptors (Lipinski definition) is 5. The molecule has 0 amide bonds. The van der Waals surface area contributed by atoms with Crippen molar-refractivity contribution in [3.05, 3.63) is 42.2 Å². The van der Waals surface area contributed by atoms with Gasteiger partial charge in [-0.2, -0.15) is 0 Å². The molecular weight excluding hydrogens is 394 g/mol. The third-order valence-electron chi connectivity index (χ3n) is 5.66. The lowest BCUT2D eigenvalue weighted by molar-refractivity contribution is 0.00578. The average Bonchev–Trinajstić information content (AvgIpc) is 3.11. The molecule has 6 nitrogen and oxygen atoms in total. The van der Waals surface area contributed by atoms with Crippen LogP contribution in [0.5, 0.6) is 0 Å². The molecule has 2 heterocycles. The maximum Gasteiger partial charge on any atom is 0.494 e. The topological polar surface area (TPSA) is 81.3 Å². The van der Waals surface area contributed by atoms with Crippen LogP contribution in [0.3, 0.4) is 0 Å². The van der Waals surface area contributed by atoms with Gasteiger partial charge in [0.15, 0.2) is 9.84 Å². The third-order valence-corrected chi connectivity index (χ3v) is 6.77. The second kappa shape index (κ2) is 6.39. The van der Waals surface area contributed by atoms with Crippen molar-refractivity contribution in [2.45, 2.75) is 43.8 Å². The zero-order valence-corrected chi connectivity index (χ0v) is 17.7. The standard InChI is InChI=1S/C20H22BFN2O4S/c1-19(2)20(3,4)28-21(27-19)12-6-9-16-17(10-12)24-18(23-16)14-8-7-13(11-15(14)22)29(5,25)26/h6-11H,1-5H3,(H,23,24). The smallest absolute Gasteiger partial charge is 0.399 e. The summed E-state index contributed by atoms with van der Waals surface area (Å²) in [7, 11) is -3.99. The van der Waals surface area contributed by atoms with Crippen LogP contribution in [0.2, 0.25) is 0 Å². The van der Waals surface area contributed by atoms with Crippen molar-refractivity contribution in [1.82, 2.24) is 9.97 Å². The molecule has 4 rings (SSSR count). The van der Waals surface area contributed by atoms with E-state index < -0.39 is 34.0 Å². The summed E-state index contributed by atoms with van der Waals surface area (Å²) in [6.45, 7) is 7.96. The second-order valence-electron chi connectivity index (χ2n) is 8.36. The Kier molecular flexibility index (Phi) is 4.42. The van der Waals surface area contributed by atoms with Crippen molar-refractivity contribution in [3.63, 3.8) is 0 Å². The van der Waals surface area contributed by atoms with Crippen LogP contribution >= 0.6 is 0 Å². The fourth-order valence-corrected chi connectivity index (χ4v) is 3.83. The van der Waals surface area contributed by atoms with Gasteiger partial charge in [-0.15, -0.1) is 0 Å². The highest BCUT2D eigenvalue weighted by atomic mass is 32.2. The van der Waals surface area contributed by atoms with Gasteiger partial charge in [0, 0.05) is 6.26 Å². The largest absolute Gasteiger partial charge is 0.494 e. The molecule has 0 saturated carbocycles. The number of aromatic amines is 1. The summed E-state index contributed by atoms with van der Waals surface area (Å²) >= 11 is 0. The van der Waals surface area contributed by atoms with E-state index in [1.807, 2.05) is 45.9 Å². The number of hydrogen-bond donors (Lipinski definition) is 1. The van der Waals surface area contributed by atoms with Gasteiger partial charge >= 0.3 is 7.12 Å². The number of imidazole rings is 1. The number of halogens is 1. The van der Waals surface area contributed by atoms with Gasteiger partial charge in [0.1, 0.15) is 11.6 Å². The number of sulfone groups is 1. The van der Waals surface area contributed by atoms with Gasteiger partial charge in [-0.3, -0.25) is 0 Å². The molecule has 9 heteroatoms. The highest BCUT2D eigenvalue weighted by Crippen LogP contribution is 2.36. The van der Waals surface area contributed by atoms with Crippen molar-refractivity contribution in [2.24, 2.45) is 0 Å². The number of fused-ring (bicyclic) bond motifs is 1. The molecule has 1 N–H and O–H groups in total. The van der Waals surface area contributed by atoms with Gasteiger partial charge in [-0.05, 0) is 63.5 Å². The lowest BCUT2D eigenvalue weighted by Crippen LogP contribution is -2.41. The molecule has 1 fully saturated rings. The number of rotatable bonds is 3. The van der Waals surface area contributed by atoms with Crippen molar-refractivity contribution in [2.75, 3.05) is 6.26 Å². The maximum absolute atomic E-state index is 14.5. The quantitative estimate of drug-likeness (QED) is 0.664. The fourth-order valence-electron chi connectivity index (χ4n) is 3.20. The van der Waals surface area contributed by atoms with Gasteiger partial charge in [0.2, 0.25) is 0 Å². The summed E-state index contributed by atoms with van der Waals surface area (Å²) in [6, 6.07) is 9.36. The Morgan fingerprint density at radius 3 is 2.28 bits per heavy atom. The first-order valence-corrected chi connectivity index (χ1v) is 11.1. The third kappa shape index (κ3) is 3.47. The van der Waals surface area contributed by atoms with Crippen LogP contribution in [0.4, 0.5) is 4.39 Å². The second-order valence-corrected chi connectivity index (χ2v) is 10.4. The van der Waals surface area contributed by atoms with E-state index in [0.29, 0.717) is 16.9 Å². The van der Waals surface area contributed by atoms with E-state index in [4.69, 9.17) is 9.31 Å². The zero-order chi connectivity index (χ0) is 21.2. The minimum atomic E-state index is -3.48. The molecule has 3 aromatic rings. The van der Waals surface area contributed by atoms with Crippen molar-refractivity contribution < 1.29 is 22.1 Å². The Labute approximate surface area is 169 Å². The summed E-state index contributed by atoms with van der Waals surface area (Å²) in [4.78, 5) is 7.47. The molecule has 1 aromatic heterocycles. The van der Waals surface area contributed by atoms with E-state index in [-0.39, 0.29) is 10.5 Å². The normalized spacial score (nSPS) is 18.5. The molecule has 1 aliphatic heterocycles. The first kappa shape index (κ1) is 20.1. The molecule has 1 saturated heterocycles. The molecule has 1 aliphatic rings. The molecule has 0 unspecified atom stereocenters. The Morgan fingerprint density at radius 2 is 1.69 bits per heavy atom. The average molecular weight is 416 g/mol. The molecule has 0 aliphatic carbocycles. The minimum absolute atomic E-state index is 0.0714. The van der Waals surface area contributed by atoms with Gasteiger partial charge in [-0.25, -0.2) is 17.8 Å². The Bertz CT molecular complexity index is 1200. The molecule has 0 atom stereocenters. The van der Waals surface area contributed by atoms with E-state index in [9.17, 15) is 12.8 Å². The van der Waals surface area contributed by atoms with Crippen LogP contribution in [-0.2, 0) is 19.1 Å². The van der Waals surface area contributed by atoms with Crippen LogP contribution in [0.15, 0.2) is 41.3 Å². The molecular formula is C20H22BFN2O4S. The number of benzene rings is 2. The van der Waals surface area contributed by atoms with E-state index in [2.05, 4.69) is 9.97 Å². The number of H-pyrrole nitrogens is 1. The SMILES string of the molecule is CC1(C)OB(c2ccc3nc(-c4ccc(S(C)(=O)=O)cc4F)[nH]c3c2)OC1(C)C. The predicted octanol–water partition coefficient (Wildman–Crippen LogP) is 3.07. The number of aromatic nitrogens is 2. The van der Waals surface area contributed by atoms with Crippen LogP contribution in [0, 0.1) is 5.82 Å². The van der Waals surface area contributed by atoms with E-state index >= 15 is 0 Å². The highest BCUT2D eigenvalue weighted by molar-refractivity contribution is 7.90. The predicted molar refractivity (Wildman–Crippen MR) is 110 cm³/mol. The van der Waals surface area contributed by atoms with Gasteiger partial charge in [0.05, 0.1) is 32.7 Å². The number of nitrogens with one attached hydrogen (secondary N) is 1. The van der Waals surface area contributed by atoms with E-state index in [0.717, 1.165) is 17.8 Å². The van der Waals surface area contributed by atoms with Gasteiger partial charge in [0.25, 0.3) is 0 Å². The summed E-state index contributed by atoms with van der Waals surface area (Å²) in [5.74, 6) is -0.332. The molecule has 0 radical (unpaired) electrons. The summed E-state index contributed by atoms with van der Waals surface area (Å²) in [6.07, 6.45) is 1.04. The summed E-state index contributed by atoms with van der Waals surface area (Å²) in [5, 5.41) is 0. The lowest BCUT2D eigenvalue weighted by Gasteiger charge is -2.32. The number of nitrogens with zero attached hydrogens (tertiary/aromatic N) is 1. The van der Waals surface area contributed by atoms with Crippen LogP contribution in [0.1, 0.15) is 27.7 Å². The minimum Gasteiger partial charge on any atom is -0.399 e. The molecule has 2 aromatic carbocycles. The Balaban J connectivity index is 1.70. The molecule has 0 bridgehead atoms. The van der Waals surface area contributed by atoms with Gasteiger partial charge < -0.3 is 14.3 Å². The highest BCUT2D eigenvalue weighted by Gasteiger charge is 2.51. The first-order valence-electron chi connectivity index (χ1n) is 9.23. The van der Waals surface area contributed by atoms with Crippen LogP contribution < -0.4 is 5.46 Å². The monoisotopic (exact) mass is 416 g/mol. The first-order chi connectivity index (χ1) is 13.4. The van der Waals surface area contributed by atoms with Crippen molar-refractivity contribution in [1.29, 1.82) is 0 Å². The zero-order valence-electron chi connectivity index (χ0n) is 16.9. The summed E-state index contributed by atoms with van der Waals surface area (Å²) in [5.41, 5.74) is 1.50. The van der Waals surface area contributed by atoms with Crippen molar-refractivity contribution >= 4 is 33.5 Å². The Morgan fingerprint density at radius 1 is 1.03 bits per heavy atom. The Hall–Kier alpha value is -2.23. The van der Waals surface area contributed by atoms with E-state index in [1.54, 1.807) is 0 Å². The summed E-state index contributed by atoms with van der Waals surface area (Å²) < 4.78 is 49.9. The molecule has 152 valence electrons. The van der Waals surface area contributed by atoms with Crippen LogP contribution in [0.25, 0.3) is 22.4 Å². The maximum atomic E-state index is 14.5. The molecule has 29 heavy (non-hydrogen) atoms. The van der Waals surface area contributed by atoms with Crippen LogP contribution in [-0.4, -0.2) is 43.0 Å². The van der Waals surface area contributed by atoms with Crippen molar-refractivity contribution in [3.8, 4) is 11.4 Å². The van der Waals surface area contributed by atoms with E-state index in [1.165, 1.54) is 12.1 Å². The van der Waals surface area contributed by atoms with Gasteiger partial charge in [-0.1, -0.05) is 6.07 Å².